The molecule has 1 aromatic heterocycles. The zero-order valence-electron chi connectivity index (χ0n) is 12.3. The average Bonchev–Trinajstić information content (AvgIpc) is 3.13. The minimum Gasteiger partial charge on any atom is -0.376 e. The fourth-order valence-electron chi connectivity index (χ4n) is 2.57. The van der Waals surface area contributed by atoms with Crippen LogP contribution in [0.2, 0.25) is 5.02 Å². The first-order valence-electron chi connectivity index (χ1n) is 7.33. The fourth-order valence-corrected chi connectivity index (χ4v) is 3.97. The molecule has 2 aromatic rings. The Labute approximate surface area is 138 Å². The first-order valence-corrected chi connectivity index (χ1v) is 8.59. The zero-order valence-corrected chi connectivity index (χ0v) is 13.9. The zero-order chi connectivity index (χ0) is 15.5. The monoisotopic (exact) mass is 339 g/mol. The van der Waals surface area contributed by atoms with Crippen LogP contribution in [0.4, 0.5) is 0 Å². The Bertz CT molecular complexity index is 694. The highest BCUT2D eigenvalue weighted by Crippen LogP contribution is 2.36. The van der Waals surface area contributed by atoms with Gasteiger partial charge in [-0.2, -0.15) is 0 Å². The lowest BCUT2D eigenvalue weighted by molar-refractivity contribution is 0.0941. The van der Waals surface area contributed by atoms with Crippen LogP contribution in [0.25, 0.3) is 0 Å². The third-order valence-electron chi connectivity index (χ3n) is 3.76. The molecular weight excluding hydrogens is 322 g/mol. The summed E-state index contributed by atoms with van der Waals surface area (Å²) in [5, 5.41) is 8.18. The molecule has 0 amide bonds. The van der Waals surface area contributed by atoms with Gasteiger partial charge in [-0.1, -0.05) is 41.6 Å². The van der Waals surface area contributed by atoms with Gasteiger partial charge >= 0.3 is 5.69 Å². The van der Waals surface area contributed by atoms with E-state index in [-0.39, 0.29) is 17.0 Å². The van der Waals surface area contributed by atoms with Crippen molar-refractivity contribution in [3.05, 3.63) is 45.3 Å². The summed E-state index contributed by atoms with van der Waals surface area (Å²) in [6.07, 6.45) is 2.14. The number of halogens is 1. The van der Waals surface area contributed by atoms with Crippen molar-refractivity contribution in [2.45, 2.75) is 42.8 Å². The molecule has 2 atom stereocenters. The largest absolute Gasteiger partial charge is 0.376 e. The van der Waals surface area contributed by atoms with E-state index < -0.39 is 0 Å². The van der Waals surface area contributed by atoms with Crippen LogP contribution in [0.5, 0.6) is 0 Å². The Morgan fingerprint density at radius 3 is 3.09 bits per heavy atom. The van der Waals surface area contributed by atoms with Crippen molar-refractivity contribution >= 4 is 23.4 Å². The Kier molecular flexibility index (Phi) is 4.90. The van der Waals surface area contributed by atoms with Gasteiger partial charge in [-0.25, -0.2) is 9.89 Å². The van der Waals surface area contributed by atoms with Crippen molar-refractivity contribution < 1.29 is 4.74 Å². The third-order valence-corrected chi connectivity index (χ3v) is 5.23. The molecule has 3 rings (SSSR count). The maximum Gasteiger partial charge on any atom is 0.344 e. The summed E-state index contributed by atoms with van der Waals surface area (Å²) in [7, 11) is 0. The number of nitrogens with one attached hydrogen (secondary N) is 1. The van der Waals surface area contributed by atoms with E-state index in [0.29, 0.717) is 11.7 Å². The minimum atomic E-state index is -0.190. The molecule has 2 unspecified atom stereocenters. The molecule has 1 aliphatic heterocycles. The van der Waals surface area contributed by atoms with Crippen LogP contribution < -0.4 is 5.69 Å². The topological polar surface area (TPSA) is 59.9 Å². The molecule has 0 radical (unpaired) electrons. The highest BCUT2D eigenvalue weighted by Gasteiger charge is 2.21. The number of benzene rings is 1. The second-order valence-electron chi connectivity index (χ2n) is 5.34. The molecule has 1 saturated heterocycles. The predicted molar refractivity (Wildman–Crippen MR) is 87.5 cm³/mol. The van der Waals surface area contributed by atoms with Crippen molar-refractivity contribution in [2.24, 2.45) is 0 Å². The summed E-state index contributed by atoms with van der Waals surface area (Å²) < 4.78 is 7.27. The van der Waals surface area contributed by atoms with Crippen molar-refractivity contribution in [3.8, 4) is 0 Å². The summed E-state index contributed by atoms with van der Waals surface area (Å²) in [6, 6.07) is 7.74. The first kappa shape index (κ1) is 15.6. The maximum atomic E-state index is 12.0. The van der Waals surface area contributed by atoms with Crippen LogP contribution in [-0.4, -0.2) is 27.5 Å². The molecule has 0 aliphatic carbocycles. The third kappa shape index (κ3) is 3.39. The van der Waals surface area contributed by atoms with Gasteiger partial charge in [-0.05, 0) is 31.4 Å². The van der Waals surface area contributed by atoms with E-state index in [4.69, 9.17) is 16.3 Å². The van der Waals surface area contributed by atoms with E-state index in [2.05, 4.69) is 17.1 Å². The van der Waals surface area contributed by atoms with Crippen molar-refractivity contribution in [1.29, 1.82) is 0 Å². The molecule has 1 aliphatic rings. The van der Waals surface area contributed by atoms with E-state index in [9.17, 15) is 4.79 Å². The number of hydrogen-bond donors (Lipinski definition) is 1. The lowest BCUT2D eigenvalue weighted by Crippen LogP contribution is -2.25. The quantitative estimate of drug-likeness (QED) is 0.849. The molecular formula is C15H18ClN3O2S. The molecule has 0 bridgehead atoms. The van der Waals surface area contributed by atoms with Crippen LogP contribution in [0.3, 0.4) is 0 Å². The number of rotatable bonds is 5. The first-order chi connectivity index (χ1) is 10.6. The Hall–Kier alpha value is -1.24. The number of aromatic amines is 1. The van der Waals surface area contributed by atoms with Gasteiger partial charge < -0.3 is 4.74 Å². The molecule has 2 heterocycles. The molecule has 22 heavy (non-hydrogen) atoms. The van der Waals surface area contributed by atoms with Gasteiger partial charge in [0, 0.05) is 16.9 Å². The minimum absolute atomic E-state index is 0.102. The lowest BCUT2D eigenvalue weighted by atomic mass is 10.2. The normalized spacial score (nSPS) is 19.5. The van der Waals surface area contributed by atoms with Crippen LogP contribution in [0, 0.1) is 0 Å². The average molecular weight is 340 g/mol. The number of thioether (sulfide) groups is 1. The van der Waals surface area contributed by atoms with E-state index in [1.54, 1.807) is 4.57 Å². The molecule has 5 nitrogen and oxygen atoms in total. The van der Waals surface area contributed by atoms with E-state index >= 15 is 0 Å². The predicted octanol–water partition coefficient (Wildman–Crippen LogP) is 3.26. The Morgan fingerprint density at radius 2 is 2.36 bits per heavy atom. The maximum absolute atomic E-state index is 12.0. The molecule has 1 N–H and O–H groups in total. The Balaban J connectivity index is 1.77. The van der Waals surface area contributed by atoms with Gasteiger partial charge in [-0.3, -0.25) is 4.57 Å². The van der Waals surface area contributed by atoms with Gasteiger partial charge in [0.25, 0.3) is 0 Å². The van der Waals surface area contributed by atoms with E-state index in [0.717, 1.165) is 30.0 Å². The van der Waals surface area contributed by atoms with Gasteiger partial charge in [-0.15, -0.1) is 5.10 Å². The number of nitrogens with zero attached hydrogens (tertiary/aromatic N) is 2. The number of ether oxygens (including phenoxy) is 1. The summed E-state index contributed by atoms with van der Waals surface area (Å²) in [5.74, 6) is 0. The van der Waals surface area contributed by atoms with Gasteiger partial charge in [0.05, 0.1) is 12.6 Å². The van der Waals surface area contributed by atoms with E-state index in [1.165, 1.54) is 11.8 Å². The summed E-state index contributed by atoms with van der Waals surface area (Å²) >= 11 is 7.76. The van der Waals surface area contributed by atoms with Crippen molar-refractivity contribution in [2.75, 3.05) is 6.61 Å². The highest BCUT2D eigenvalue weighted by molar-refractivity contribution is 7.99. The molecule has 0 saturated carbocycles. The summed E-state index contributed by atoms with van der Waals surface area (Å²) in [6.45, 7) is 3.38. The summed E-state index contributed by atoms with van der Waals surface area (Å²) in [5.41, 5.74) is 0.845. The van der Waals surface area contributed by atoms with Crippen LogP contribution in [0.15, 0.2) is 34.2 Å². The molecule has 1 aromatic carbocycles. The number of H-pyrrole nitrogens is 1. The Morgan fingerprint density at radius 1 is 1.55 bits per heavy atom. The number of hydrogen-bond acceptors (Lipinski definition) is 4. The molecule has 1 fully saturated rings. The highest BCUT2D eigenvalue weighted by atomic mass is 35.5. The number of aromatic nitrogens is 3. The second-order valence-corrected chi connectivity index (χ2v) is 7.05. The van der Waals surface area contributed by atoms with Crippen LogP contribution in [0.1, 0.15) is 30.6 Å². The lowest BCUT2D eigenvalue weighted by Gasteiger charge is -2.15. The van der Waals surface area contributed by atoms with Crippen molar-refractivity contribution in [3.63, 3.8) is 0 Å². The standard InChI is InChI=1S/C15H18ClN3O2S/c1-10(12-6-2-3-7-13(12)16)22-15-18-17-14(20)19(15)9-11-5-4-8-21-11/h2-3,6-7,10-11H,4-5,8-9H2,1H3,(H,17,20). The second kappa shape index (κ2) is 6.89. The summed E-state index contributed by atoms with van der Waals surface area (Å²) in [4.78, 5) is 12.0. The molecule has 118 valence electrons. The SMILES string of the molecule is CC(Sc1n[nH]c(=O)n1CC1CCCO1)c1ccccc1Cl. The van der Waals surface area contributed by atoms with Crippen LogP contribution >= 0.6 is 23.4 Å². The van der Waals surface area contributed by atoms with Gasteiger partial charge in [0.1, 0.15) is 0 Å². The molecule has 7 heteroatoms. The van der Waals surface area contributed by atoms with Gasteiger partial charge in [0.15, 0.2) is 5.16 Å². The van der Waals surface area contributed by atoms with Crippen LogP contribution in [-0.2, 0) is 11.3 Å². The van der Waals surface area contributed by atoms with E-state index in [1.807, 2.05) is 24.3 Å². The molecule has 0 spiro atoms. The fraction of sp³-hybridized carbons (Fsp3) is 0.467. The van der Waals surface area contributed by atoms with Gasteiger partial charge in [0.2, 0.25) is 0 Å². The van der Waals surface area contributed by atoms with Crippen molar-refractivity contribution in [1.82, 2.24) is 14.8 Å². The smallest absolute Gasteiger partial charge is 0.344 e.